The third-order valence-electron chi connectivity index (χ3n) is 3.55. The Hall–Kier alpha value is -3.07. The summed E-state index contributed by atoms with van der Waals surface area (Å²) in [7, 11) is -3.79. The number of rotatable bonds is 4. The average molecular weight is 359 g/mol. The number of ether oxygens (including phenoxy) is 2. The number of fused-ring (bicyclic) bond motifs is 1. The molecule has 25 heavy (non-hydrogen) atoms. The number of hydrogen-bond acceptors (Lipinski definition) is 7. The molecular formula is C16H13N3O5S. The molecule has 3 aromatic rings. The van der Waals surface area contributed by atoms with E-state index in [4.69, 9.17) is 14.0 Å². The summed E-state index contributed by atoms with van der Waals surface area (Å²) in [4.78, 5) is 4.19. The van der Waals surface area contributed by atoms with Gasteiger partial charge < -0.3 is 14.0 Å². The van der Waals surface area contributed by atoms with Crippen molar-refractivity contribution in [2.24, 2.45) is 0 Å². The second-order valence-corrected chi connectivity index (χ2v) is 7.02. The highest BCUT2D eigenvalue weighted by Crippen LogP contribution is 2.35. The Labute approximate surface area is 143 Å². The molecule has 0 aliphatic carbocycles. The Morgan fingerprint density at radius 2 is 1.92 bits per heavy atom. The number of anilines is 1. The minimum Gasteiger partial charge on any atom is -0.454 e. The Kier molecular flexibility index (Phi) is 3.57. The molecule has 1 aliphatic rings. The van der Waals surface area contributed by atoms with Crippen LogP contribution in [0.1, 0.15) is 5.89 Å². The first kappa shape index (κ1) is 15.5. The van der Waals surface area contributed by atoms with Gasteiger partial charge in [0.1, 0.15) is 0 Å². The second kappa shape index (κ2) is 5.78. The predicted molar refractivity (Wildman–Crippen MR) is 87.8 cm³/mol. The minimum absolute atomic E-state index is 0.0881. The molecule has 0 unspecified atom stereocenters. The molecule has 9 heteroatoms. The molecule has 0 amide bonds. The van der Waals surface area contributed by atoms with Crippen molar-refractivity contribution in [3.05, 3.63) is 48.4 Å². The fourth-order valence-corrected chi connectivity index (χ4v) is 3.49. The van der Waals surface area contributed by atoms with E-state index in [1.165, 1.54) is 12.1 Å². The van der Waals surface area contributed by atoms with Crippen LogP contribution in [0.2, 0.25) is 0 Å². The van der Waals surface area contributed by atoms with Crippen LogP contribution in [0.4, 0.5) is 5.69 Å². The molecule has 128 valence electrons. The van der Waals surface area contributed by atoms with Crippen molar-refractivity contribution in [2.45, 2.75) is 11.8 Å². The van der Waals surface area contributed by atoms with Crippen molar-refractivity contribution in [2.75, 3.05) is 11.5 Å². The summed E-state index contributed by atoms with van der Waals surface area (Å²) in [6.45, 7) is 1.79. The van der Waals surface area contributed by atoms with Gasteiger partial charge in [-0.2, -0.15) is 4.98 Å². The molecule has 0 fully saturated rings. The quantitative estimate of drug-likeness (QED) is 0.763. The van der Waals surface area contributed by atoms with Gasteiger partial charge in [-0.3, -0.25) is 4.72 Å². The molecule has 1 aromatic heterocycles. The van der Waals surface area contributed by atoms with Crippen molar-refractivity contribution in [3.8, 4) is 22.9 Å². The van der Waals surface area contributed by atoms with Crippen LogP contribution in [0, 0.1) is 6.92 Å². The molecular weight excluding hydrogens is 346 g/mol. The molecule has 4 rings (SSSR count). The van der Waals surface area contributed by atoms with Crippen LogP contribution in [0.25, 0.3) is 11.4 Å². The summed E-state index contributed by atoms with van der Waals surface area (Å²) < 4.78 is 43.2. The summed E-state index contributed by atoms with van der Waals surface area (Å²) in [5.74, 6) is 1.81. The molecule has 8 nitrogen and oxygen atoms in total. The molecule has 0 atom stereocenters. The second-order valence-electron chi connectivity index (χ2n) is 5.34. The molecule has 0 radical (unpaired) electrons. The molecule has 0 spiro atoms. The van der Waals surface area contributed by atoms with Crippen LogP contribution >= 0.6 is 0 Å². The summed E-state index contributed by atoms with van der Waals surface area (Å²) in [5.41, 5.74) is 0.926. The highest BCUT2D eigenvalue weighted by Gasteiger charge is 2.19. The van der Waals surface area contributed by atoms with Crippen LogP contribution in [-0.2, 0) is 10.0 Å². The van der Waals surface area contributed by atoms with Gasteiger partial charge in [0.25, 0.3) is 10.0 Å². The summed E-state index contributed by atoms with van der Waals surface area (Å²) in [5, 5.41) is 3.80. The van der Waals surface area contributed by atoms with Gasteiger partial charge in [-0.1, -0.05) is 17.3 Å². The number of aromatic nitrogens is 2. The van der Waals surface area contributed by atoms with Gasteiger partial charge >= 0.3 is 0 Å². The first-order valence-corrected chi connectivity index (χ1v) is 8.83. The molecule has 2 aromatic carbocycles. The van der Waals surface area contributed by atoms with E-state index < -0.39 is 10.0 Å². The molecule has 0 saturated carbocycles. The fraction of sp³-hybridized carbons (Fsp3) is 0.125. The van der Waals surface area contributed by atoms with Gasteiger partial charge in [-0.05, 0) is 24.3 Å². The lowest BCUT2D eigenvalue weighted by Crippen LogP contribution is -2.13. The monoisotopic (exact) mass is 359 g/mol. The lowest BCUT2D eigenvalue weighted by Gasteiger charge is -2.09. The largest absolute Gasteiger partial charge is 0.454 e. The average Bonchev–Trinajstić information content (AvgIpc) is 3.23. The predicted octanol–water partition coefficient (Wildman–Crippen LogP) is 2.57. The number of sulfonamides is 1. The number of aryl methyl sites for hydroxylation is 1. The Morgan fingerprint density at radius 3 is 2.72 bits per heavy atom. The first-order valence-electron chi connectivity index (χ1n) is 7.34. The molecule has 0 bridgehead atoms. The van der Waals surface area contributed by atoms with E-state index in [-0.39, 0.29) is 11.7 Å². The Morgan fingerprint density at radius 1 is 1.08 bits per heavy atom. The van der Waals surface area contributed by atoms with Crippen LogP contribution < -0.4 is 14.2 Å². The molecule has 1 aliphatic heterocycles. The lowest BCUT2D eigenvalue weighted by molar-refractivity contribution is 0.174. The van der Waals surface area contributed by atoms with E-state index in [1.54, 1.807) is 37.3 Å². The summed E-state index contributed by atoms with van der Waals surface area (Å²) in [6.07, 6.45) is 0. The van der Waals surface area contributed by atoms with Crippen molar-refractivity contribution in [1.82, 2.24) is 10.1 Å². The van der Waals surface area contributed by atoms with Crippen LogP contribution in [0.5, 0.6) is 11.5 Å². The fourth-order valence-electron chi connectivity index (χ4n) is 2.39. The van der Waals surface area contributed by atoms with Crippen molar-refractivity contribution < 1.29 is 22.4 Å². The number of hydrogen-bond donors (Lipinski definition) is 1. The standard InChI is InChI=1S/C16H13N3O5S/c1-10-17-16(18-24-10)11-3-2-4-13(7-11)25(20,21)19-12-5-6-14-15(8-12)23-9-22-14/h2-8,19H,9H2,1H3. The van der Waals surface area contributed by atoms with Crippen LogP contribution in [-0.4, -0.2) is 25.4 Å². The first-order chi connectivity index (χ1) is 12.0. The zero-order chi connectivity index (χ0) is 17.4. The highest BCUT2D eigenvalue weighted by atomic mass is 32.2. The summed E-state index contributed by atoms with van der Waals surface area (Å²) in [6, 6.07) is 11.1. The maximum Gasteiger partial charge on any atom is 0.261 e. The van der Waals surface area contributed by atoms with Gasteiger partial charge in [0.15, 0.2) is 11.5 Å². The van der Waals surface area contributed by atoms with E-state index >= 15 is 0 Å². The number of benzene rings is 2. The molecule has 2 heterocycles. The van der Waals surface area contributed by atoms with E-state index in [0.717, 1.165) is 0 Å². The molecule has 1 N–H and O–H groups in total. The van der Waals surface area contributed by atoms with E-state index in [2.05, 4.69) is 14.9 Å². The number of nitrogens with one attached hydrogen (secondary N) is 1. The smallest absolute Gasteiger partial charge is 0.261 e. The third kappa shape index (κ3) is 3.01. The number of nitrogens with zero attached hydrogens (tertiary/aromatic N) is 2. The van der Waals surface area contributed by atoms with Crippen molar-refractivity contribution >= 4 is 15.7 Å². The normalized spacial score (nSPS) is 13.0. The topological polar surface area (TPSA) is 104 Å². The van der Waals surface area contributed by atoms with Gasteiger partial charge in [-0.15, -0.1) is 0 Å². The zero-order valence-electron chi connectivity index (χ0n) is 13.1. The molecule has 0 saturated heterocycles. The van der Waals surface area contributed by atoms with E-state index in [1.807, 2.05) is 0 Å². The van der Waals surface area contributed by atoms with Gasteiger partial charge in [0.05, 0.1) is 10.6 Å². The van der Waals surface area contributed by atoms with Crippen molar-refractivity contribution in [3.63, 3.8) is 0 Å². The van der Waals surface area contributed by atoms with Crippen LogP contribution in [0.3, 0.4) is 0 Å². The minimum atomic E-state index is -3.79. The third-order valence-corrected chi connectivity index (χ3v) is 4.93. The van der Waals surface area contributed by atoms with E-state index in [0.29, 0.717) is 34.5 Å². The SMILES string of the molecule is Cc1nc(-c2cccc(S(=O)(=O)Nc3ccc4c(c3)OCO4)c2)no1. The summed E-state index contributed by atoms with van der Waals surface area (Å²) >= 11 is 0. The zero-order valence-corrected chi connectivity index (χ0v) is 13.9. The lowest BCUT2D eigenvalue weighted by atomic mass is 10.2. The Balaban J connectivity index is 1.64. The van der Waals surface area contributed by atoms with Crippen LogP contribution in [0.15, 0.2) is 51.9 Å². The van der Waals surface area contributed by atoms with Gasteiger partial charge in [0.2, 0.25) is 18.5 Å². The Bertz CT molecular complexity index is 1050. The highest BCUT2D eigenvalue weighted by molar-refractivity contribution is 7.92. The van der Waals surface area contributed by atoms with E-state index in [9.17, 15) is 8.42 Å². The van der Waals surface area contributed by atoms with Gasteiger partial charge in [0, 0.05) is 18.6 Å². The maximum atomic E-state index is 12.6. The maximum absolute atomic E-state index is 12.6. The van der Waals surface area contributed by atoms with Gasteiger partial charge in [-0.25, -0.2) is 8.42 Å². The van der Waals surface area contributed by atoms with Crippen molar-refractivity contribution in [1.29, 1.82) is 0 Å².